The highest BCUT2D eigenvalue weighted by Gasteiger charge is 2.16. The molecule has 19 heavy (non-hydrogen) atoms. The zero-order valence-corrected chi connectivity index (χ0v) is 13.2. The highest BCUT2D eigenvalue weighted by atomic mass is 79.9. The maximum atomic E-state index is 4.40. The number of hydrogen-bond acceptors (Lipinski definition) is 5. The third-order valence-corrected chi connectivity index (χ3v) is 4.23. The molecular weight excluding hydrogens is 306 g/mol. The monoisotopic (exact) mass is 327 g/mol. The fourth-order valence-corrected chi connectivity index (χ4v) is 2.69. The van der Waals surface area contributed by atoms with Crippen LogP contribution in [0.15, 0.2) is 10.7 Å². The Morgan fingerprint density at radius 1 is 1.42 bits per heavy atom. The van der Waals surface area contributed by atoms with Crippen molar-refractivity contribution in [2.75, 3.05) is 44.4 Å². The highest BCUT2D eigenvalue weighted by molar-refractivity contribution is 9.10. The van der Waals surface area contributed by atoms with Gasteiger partial charge in [0.05, 0.1) is 4.47 Å². The molecule has 0 saturated carbocycles. The van der Waals surface area contributed by atoms with Crippen molar-refractivity contribution in [2.24, 2.45) is 5.92 Å². The highest BCUT2D eigenvalue weighted by Crippen LogP contribution is 2.22. The lowest BCUT2D eigenvalue weighted by molar-refractivity contribution is 0.215. The molecule has 1 fully saturated rings. The average Bonchev–Trinajstić information content (AvgIpc) is 2.43. The van der Waals surface area contributed by atoms with Crippen molar-refractivity contribution >= 4 is 27.7 Å². The normalized spacial score (nSPS) is 17.4. The summed E-state index contributed by atoms with van der Waals surface area (Å²) in [5.74, 6) is 2.35. The minimum atomic E-state index is 0.644. The van der Waals surface area contributed by atoms with Gasteiger partial charge in [0.25, 0.3) is 0 Å². The molecule has 0 amide bonds. The van der Waals surface area contributed by atoms with E-state index in [1.165, 1.54) is 32.4 Å². The molecule has 1 aliphatic heterocycles. The Morgan fingerprint density at radius 3 is 2.84 bits per heavy atom. The fourth-order valence-electron chi connectivity index (χ4n) is 2.36. The minimum Gasteiger partial charge on any atom is -0.369 e. The van der Waals surface area contributed by atoms with Gasteiger partial charge in [-0.2, -0.15) is 4.98 Å². The van der Waals surface area contributed by atoms with Gasteiger partial charge in [-0.25, -0.2) is 4.98 Å². The predicted octanol–water partition coefficient (Wildman–Crippen LogP) is 2.42. The zero-order chi connectivity index (χ0) is 13.7. The molecule has 0 atom stereocenters. The minimum absolute atomic E-state index is 0.644. The van der Waals surface area contributed by atoms with Crippen molar-refractivity contribution < 1.29 is 0 Å². The third kappa shape index (κ3) is 4.31. The Balaban J connectivity index is 1.79. The first-order chi connectivity index (χ1) is 9.19. The number of nitrogens with one attached hydrogen (secondary N) is 2. The summed E-state index contributed by atoms with van der Waals surface area (Å²) in [5.41, 5.74) is 0. The number of nitrogens with zero attached hydrogens (tertiary/aromatic N) is 3. The zero-order valence-electron chi connectivity index (χ0n) is 11.6. The van der Waals surface area contributed by atoms with Crippen molar-refractivity contribution in [3.05, 3.63) is 10.7 Å². The van der Waals surface area contributed by atoms with Crippen LogP contribution in [0.4, 0.5) is 11.8 Å². The van der Waals surface area contributed by atoms with Crippen molar-refractivity contribution in [3.63, 3.8) is 0 Å². The SMILES string of the molecule is CNc1ncc(Br)c(NCCC2CCN(C)CC2)n1. The van der Waals surface area contributed by atoms with Crippen LogP contribution in [0.1, 0.15) is 19.3 Å². The van der Waals surface area contributed by atoms with Crippen LogP contribution in [0, 0.1) is 5.92 Å². The summed E-state index contributed by atoms with van der Waals surface area (Å²) in [6, 6.07) is 0. The average molecular weight is 328 g/mol. The third-order valence-electron chi connectivity index (χ3n) is 3.65. The van der Waals surface area contributed by atoms with E-state index in [9.17, 15) is 0 Å². The summed E-state index contributed by atoms with van der Waals surface area (Å²) in [6.45, 7) is 3.42. The molecule has 1 saturated heterocycles. The van der Waals surface area contributed by atoms with E-state index in [4.69, 9.17) is 0 Å². The first kappa shape index (κ1) is 14.5. The lowest BCUT2D eigenvalue weighted by Crippen LogP contribution is -2.30. The van der Waals surface area contributed by atoms with E-state index in [1.54, 1.807) is 6.20 Å². The van der Waals surface area contributed by atoms with E-state index in [0.29, 0.717) is 5.95 Å². The molecule has 1 aromatic rings. The molecule has 6 heteroatoms. The van der Waals surface area contributed by atoms with Crippen molar-refractivity contribution in [1.82, 2.24) is 14.9 Å². The Morgan fingerprint density at radius 2 is 2.16 bits per heavy atom. The summed E-state index contributed by atoms with van der Waals surface area (Å²) in [6.07, 6.45) is 5.60. The summed E-state index contributed by atoms with van der Waals surface area (Å²) in [5, 5.41) is 6.35. The van der Waals surface area contributed by atoms with Crippen LogP contribution in [0.2, 0.25) is 0 Å². The first-order valence-electron chi connectivity index (χ1n) is 6.81. The Bertz CT molecular complexity index is 404. The smallest absolute Gasteiger partial charge is 0.224 e. The number of aromatic nitrogens is 2. The molecule has 0 aromatic carbocycles. The molecule has 1 aromatic heterocycles. The van der Waals surface area contributed by atoms with E-state index in [-0.39, 0.29) is 0 Å². The van der Waals surface area contributed by atoms with Gasteiger partial charge in [0.15, 0.2) is 0 Å². The van der Waals surface area contributed by atoms with Gasteiger partial charge in [-0.15, -0.1) is 0 Å². The van der Waals surface area contributed by atoms with Crippen molar-refractivity contribution in [2.45, 2.75) is 19.3 Å². The maximum Gasteiger partial charge on any atom is 0.224 e. The van der Waals surface area contributed by atoms with Gasteiger partial charge >= 0.3 is 0 Å². The van der Waals surface area contributed by atoms with Gasteiger partial charge in [-0.3, -0.25) is 0 Å². The molecule has 1 aliphatic rings. The topological polar surface area (TPSA) is 53.1 Å². The molecule has 5 nitrogen and oxygen atoms in total. The number of rotatable bonds is 5. The lowest BCUT2D eigenvalue weighted by atomic mass is 9.94. The number of halogens is 1. The summed E-state index contributed by atoms with van der Waals surface area (Å²) >= 11 is 3.47. The number of piperidine rings is 1. The molecule has 0 unspecified atom stereocenters. The largest absolute Gasteiger partial charge is 0.369 e. The molecule has 2 rings (SSSR count). The van der Waals surface area contributed by atoms with Gasteiger partial charge in [0.2, 0.25) is 5.95 Å². The predicted molar refractivity (Wildman–Crippen MR) is 82.6 cm³/mol. The van der Waals surface area contributed by atoms with Gasteiger partial charge < -0.3 is 15.5 Å². The van der Waals surface area contributed by atoms with Crippen LogP contribution >= 0.6 is 15.9 Å². The van der Waals surface area contributed by atoms with Crippen LogP contribution in [0.25, 0.3) is 0 Å². The summed E-state index contributed by atoms with van der Waals surface area (Å²) in [4.78, 5) is 11.0. The molecule has 0 bridgehead atoms. The van der Waals surface area contributed by atoms with Gasteiger partial charge in [-0.1, -0.05) is 0 Å². The van der Waals surface area contributed by atoms with E-state index in [2.05, 4.69) is 48.5 Å². The van der Waals surface area contributed by atoms with Gasteiger partial charge in [0.1, 0.15) is 5.82 Å². The fraction of sp³-hybridized carbons (Fsp3) is 0.692. The van der Waals surface area contributed by atoms with Crippen molar-refractivity contribution in [1.29, 1.82) is 0 Å². The van der Waals surface area contributed by atoms with Crippen LogP contribution in [-0.2, 0) is 0 Å². The maximum absolute atomic E-state index is 4.40. The summed E-state index contributed by atoms with van der Waals surface area (Å²) in [7, 11) is 4.03. The standard InChI is InChI=1S/C13H22BrN5/c1-15-13-17-9-11(14)12(18-13)16-6-3-10-4-7-19(2)8-5-10/h9-10H,3-8H2,1-2H3,(H2,15,16,17,18). The van der Waals surface area contributed by atoms with Gasteiger partial charge in [0, 0.05) is 19.8 Å². The quantitative estimate of drug-likeness (QED) is 0.869. The van der Waals surface area contributed by atoms with E-state index in [0.717, 1.165) is 22.8 Å². The van der Waals surface area contributed by atoms with Crippen LogP contribution in [0.5, 0.6) is 0 Å². The van der Waals surface area contributed by atoms with Crippen LogP contribution in [0.3, 0.4) is 0 Å². The molecule has 2 heterocycles. The van der Waals surface area contributed by atoms with Crippen LogP contribution < -0.4 is 10.6 Å². The Kier molecular flexibility index (Phi) is 5.39. The molecule has 0 spiro atoms. The molecule has 0 aliphatic carbocycles. The molecular formula is C13H22BrN5. The number of likely N-dealkylation sites (tertiary alicyclic amines) is 1. The van der Waals surface area contributed by atoms with Crippen molar-refractivity contribution in [3.8, 4) is 0 Å². The number of hydrogen-bond donors (Lipinski definition) is 2. The molecule has 2 N–H and O–H groups in total. The second kappa shape index (κ2) is 7.05. The summed E-state index contributed by atoms with van der Waals surface area (Å²) < 4.78 is 0.912. The van der Waals surface area contributed by atoms with E-state index < -0.39 is 0 Å². The van der Waals surface area contributed by atoms with E-state index >= 15 is 0 Å². The molecule has 0 radical (unpaired) electrons. The van der Waals surface area contributed by atoms with Crippen LogP contribution in [-0.4, -0.2) is 48.6 Å². The molecule has 106 valence electrons. The Hall–Kier alpha value is -0.880. The number of anilines is 2. The first-order valence-corrected chi connectivity index (χ1v) is 7.61. The van der Waals surface area contributed by atoms with Gasteiger partial charge in [-0.05, 0) is 61.2 Å². The second-order valence-electron chi connectivity index (χ2n) is 5.10. The second-order valence-corrected chi connectivity index (χ2v) is 5.96. The Labute approximate surface area is 123 Å². The van der Waals surface area contributed by atoms with E-state index in [1.807, 2.05) is 7.05 Å². The lowest BCUT2D eigenvalue weighted by Gasteiger charge is -2.28.